The lowest BCUT2D eigenvalue weighted by Gasteiger charge is -2.01. The molecule has 0 radical (unpaired) electrons. The maximum atomic E-state index is 10.7. The van der Waals surface area contributed by atoms with E-state index >= 15 is 0 Å². The molecule has 0 fully saturated rings. The Kier molecular flexibility index (Phi) is 2.22. The average Bonchev–Trinajstić information content (AvgIpc) is 2.36. The Balaban J connectivity index is 2.87. The highest BCUT2D eigenvalue weighted by Crippen LogP contribution is 1.96. The van der Waals surface area contributed by atoms with Crippen molar-refractivity contribution in [2.24, 2.45) is 5.73 Å². The number of amides is 1. The number of carbonyl (C=O) groups excluding carboxylic acids is 1. The van der Waals surface area contributed by atoms with E-state index in [-0.39, 0.29) is 6.73 Å². The first-order valence-electron chi connectivity index (χ1n) is 3.06. The van der Waals surface area contributed by atoms with Gasteiger partial charge in [0, 0.05) is 13.3 Å². The van der Waals surface area contributed by atoms with Gasteiger partial charge in [-0.2, -0.15) is 5.10 Å². The zero-order chi connectivity index (χ0) is 8.27. The zero-order valence-corrected chi connectivity index (χ0v) is 6.15. The van der Waals surface area contributed by atoms with Gasteiger partial charge >= 0.3 is 0 Å². The molecule has 0 saturated carbocycles. The van der Waals surface area contributed by atoms with Crippen molar-refractivity contribution >= 4 is 5.91 Å². The van der Waals surface area contributed by atoms with Crippen LogP contribution in [0.2, 0.25) is 0 Å². The highest BCUT2D eigenvalue weighted by Gasteiger charge is 2.06. The van der Waals surface area contributed by atoms with Crippen molar-refractivity contribution in [3.8, 4) is 0 Å². The number of ether oxygens (including phenoxy) is 1. The SMILES string of the molecule is COCn1nccc1C(N)=O. The van der Waals surface area contributed by atoms with Crippen LogP contribution in [0.3, 0.4) is 0 Å². The lowest BCUT2D eigenvalue weighted by Crippen LogP contribution is -2.18. The van der Waals surface area contributed by atoms with E-state index in [1.54, 1.807) is 6.07 Å². The summed E-state index contributed by atoms with van der Waals surface area (Å²) in [6.45, 7) is 0.241. The standard InChI is InChI=1S/C6H9N3O2/c1-11-4-9-5(6(7)10)2-3-8-9/h2-3H,4H2,1H3,(H2,7,10). The fourth-order valence-electron chi connectivity index (χ4n) is 0.767. The molecular formula is C6H9N3O2. The van der Waals surface area contributed by atoms with Gasteiger partial charge in [-0.05, 0) is 6.07 Å². The van der Waals surface area contributed by atoms with Crippen LogP contribution in [0, 0.1) is 0 Å². The van der Waals surface area contributed by atoms with Crippen LogP contribution in [0.5, 0.6) is 0 Å². The topological polar surface area (TPSA) is 70.1 Å². The molecule has 0 bridgehead atoms. The van der Waals surface area contributed by atoms with E-state index in [4.69, 9.17) is 10.5 Å². The summed E-state index contributed by atoms with van der Waals surface area (Å²) in [4.78, 5) is 10.7. The van der Waals surface area contributed by atoms with Crippen molar-refractivity contribution < 1.29 is 9.53 Å². The molecule has 0 aliphatic carbocycles. The Hall–Kier alpha value is -1.36. The van der Waals surface area contributed by atoms with Crippen molar-refractivity contribution in [3.05, 3.63) is 18.0 Å². The normalized spacial score (nSPS) is 9.91. The fraction of sp³-hybridized carbons (Fsp3) is 0.333. The summed E-state index contributed by atoms with van der Waals surface area (Å²) < 4.78 is 6.16. The highest BCUT2D eigenvalue weighted by atomic mass is 16.5. The summed E-state index contributed by atoms with van der Waals surface area (Å²) in [5.41, 5.74) is 5.39. The van der Waals surface area contributed by atoms with Gasteiger partial charge in [-0.25, -0.2) is 4.68 Å². The molecule has 1 aromatic rings. The third kappa shape index (κ3) is 1.56. The van der Waals surface area contributed by atoms with E-state index in [1.165, 1.54) is 18.0 Å². The minimum atomic E-state index is -0.500. The van der Waals surface area contributed by atoms with Gasteiger partial charge < -0.3 is 10.5 Å². The summed E-state index contributed by atoms with van der Waals surface area (Å²) in [6, 6.07) is 1.54. The second-order valence-corrected chi connectivity index (χ2v) is 2.00. The number of hydrogen-bond acceptors (Lipinski definition) is 3. The van der Waals surface area contributed by atoms with Crippen LogP contribution in [-0.2, 0) is 11.5 Å². The number of carbonyl (C=O) groups is 1. The second-order valence-electron chi connectivity index (χ2n) is 2.00. The highest BCUT2D eigenvalue weighted by molar-refractivity contribution is 5.90. The van der Waals surface area contributed by atoms with Crippen LogP contribution in [0.25, 0.3) is 0 Å². The zero-order valence-electron chi connectivity index (χ0n) is 6.15. The quantitative estimate of drug-likeness (QED) is 0.644. The predicted molar refractivity (Wildman–Crippen MR) is 37.8 cm³/mol. The molecule has 2 N–H and O–H groups in total. The van der Waals surface area contributed by atoms with Gasteiger partial charge in [0.25, 0.3) is 5.91 Å². The van der Waals surface area contributed by atoms with Gasteiger partial charge in [0.2, 0.25) is 0 Å². The Morgan fingerprint density at radius 2 is 2.64 bits per heavy atom. The van der Waals surface area contributed by atoms with Gasteiger partial charge in [0.05, 0.1) is 0 Å². The van der Waals surface area contributed by atoms with Crippen molar-refractivity contribution in [1.82, 2.24) is 9.78 Å². The van der Waals surface area contributed by atoms with Crippen LogP contribution in [0.4, 0.5) is 0 Å². The van der Waals surface area contributed by atoms with E-state index in [9.17, 15) is 4.79 Å². The molecule has 0 aromatic carbocycles. The molecule has 0 unspecified atom stereocenters. The number of nitrogens with two attached hydrogens (primary N) is 1. The maximum absolute atomic E-state index is 10.7. The number of aromatic nitrogens is 2. The molecule has 0 atom stereocenters. The third-order valence-corrected chi connectivity index (χ3v) is 1.22. The molecule has 1 heterocycles. The minimum Gasteiger partial charge on any atom is -0.364 e. The van der Waals surface area contributed by atoms with E-state index in [2.05, 4.69) is 5.10 Å². The summed E-state index contributed by atoms with van der Waals surface area (Å²) >= 11 is 0. The van der Waals surface area contributed by atoms with Gasteiger partial charge in [0.1, 0.15) is 12.4 Å². The molecule has 60 valence electrons. The van der Waals surface area contributed by atoms with Gasteiger partial charge in [-0.3, -0.25) is 4.79 Å². The molecule has 5 nitrogen and oxygen atoms in total. The molecule has 1 rings (SSSR count). The lowest BCUT2D eigenvalue weighted by atomic mass is 10.4. The first kappa shape index (κ1) is 7.74. The second kappa shape index (κ2) is 3.16. The van der Waals surface area contributed by atoms with Crippen molar-refractivity contribution in [2.75, 3.05) is 7.11 Å². The monoisotopic (exact) mass is 155 g/mol. The molecular weight excluding hydrogens is 146 g/mol. The molecule has 0 spiro atoms. The van der Waals surface area contributed by atoms with Crippen LogP contribution in [-0.4, -0.2) is 22.8 Å². The van der Waals surface area contributed by atoms with Crippen LogP contribution in [0.1, 0.15) is 10.5 Å². The molecule has 5 heteroatoms. The van der Waals surface area contributed by atoms with E-state index in [1.807, 2.05) is 0 Å². The summed E-state index contributed by atoms with van der Waals surface area (Å²) in [6.07, 6.45) is 1.50. The lowest BCUT2D eigenvalue weighted by molar-refractivity contribution is 0.0936. The number of rotatable bonds is 3. The minimum absolute atomic E-state index is 0.241. The first-order valence-corrected chi connectivity index (χ1v) is 3.06. The largest absolute Gasteiger partial charge is 0.364 e. The Labute approximate surface area is 63.7 Å². The van der Waals surface area contributed by atoms with Crippen LogP contribution in [0.15, 0.2) is 12.3 Å². The molecule has 11 heavy (non-hydrogen) atoms. The molecule has 0 aliphatic rings. The third-order valence-electron chi connectivity index (χ3n) is 1.22. The molecule has 0 saturated heterocycles. The van der Waals surface area contributed by atoms with Gasteiger partial charge in [-0.1, -0.05) is 0 Å². The number of nitrogens with zero attached hydrogens (tertiary/aromatic N) is 2. The smallest absolute Gasteiger partial charge is 0.267 e. The van der Waals surface area contributed by atoms with Crippen LogP contribution >= 0.6 is 0 Å². The van der Waals surface area contributed by atoms with E-state index in [0.29, 0.717) is 5.69 Å². The molecule has 1 aromatic heterocycles. The van der Waals surface area contributed by atoms with E-state index < -0.39 is 5.91 Å². The Bertz CT molecular complexity index is 256. The molecule has 0 aliphatic heterocycles. The van der Waals surface area contributed by atoms with Gasteiger partial charge in [-0.15, -0.1) is 0 Å². The summed E-state index contributed by atoms with van der Waals surface area (Å²) in [7, 11) is 1.52. The summed E-state index contributed by atoms with van der Waals surface area (Å²) in [5, 5.41) is 3.82. The summed E-state index contributed by atoms with van der Waals surface area (Å²) in [5.74, 6) is -0.500. The predicted octanol–water partition coefficient (Wildman–Crippen LogP) is -0.414. The average molecular weight is 155 g/mol. The number of primary amides is 1. The van der Waals surface area contributed by atoms with Crippen molar-refractivity contribution in [2.45, 2.75) is 6.73 Å². The number of hydrogen-bond donors (Lipinski definition) is 1. The first-order chi connectivity index (χ1) is 5.25. The van der Waals surface area contributed by atoms with Crippen molar-refractivity contribution in [3.63, 3.8) is 0 Å². The fourth-order valence-corrected chi connectivity index (χ4v) is 0.767. The van der Waals surface area contributed by atoms with E-state index in [0.717, 1.165) is 0 Å². The molecule has 1 amide bonds. The maximum Gasteiger partial charge on any atom is 0.267 e. The van der Waals surface area contributed by atoms with Crippen LogP contribution < -0.4 is 5.73 Å². The Morgan fingerprint density at radius 1 is 1.91 bits per heavy atom. The van der Waals surface area contributed by atoms with Crippen molar-refractivity contribution in [1.29, 1.82) is 0 Å². The Morgan fingerprint density at radius 3 is 3.18 bits per heavy atom. The van der Waals surface area contributed by atoms with Gasteiger partial charge in [0.15, 0.2) is 0 Å². The number of methoxy groups -OCH3 is 1.